The summed E-state index contributed by atoms with van der Waals surface area (Å²) in [7, 11) is -3.44. The van der Waals surface area contributed by atoms with Crippen LogP contribution in [0.2, 0.25) is 0 Å². The zero-order chi connectivity index (χ0) is 21.2. The summed E-state index contributed by atoms with van der Waals surface area (Å²) in [6.45, 7) is 1.68. The third-order valence-electron chi connectivity index (χ3n) is 3.96. The van der Waals surface area contributed by atoms with Gasteiger partial charge in [-0.3, -0.25) is 9.59 Å². The Morgan fingerprint density at radius 3 is 2.59 bits per heavy atom. The summed E-state index contributed by atoms with van der Waals surface area (Å²) in [5, 5.41) is 6.80. The van der Waals surface area contributed by atoms with Crippen LogP contribution in [0.5, 0.6) is 0 Å². The van der Waals surface area contributed by atoms with Gasteiger partial charge in [-0.1, -0.05) is 6.07 Å². The molecule has 2 aromatic heterocycles. The first kappa shape index (κ1) is 20.1. The molecule has 11 nitrogen and oxygen atoms in total. The van der Waals surface area contributed by atoms with Crippen LogP contribution in [0, 0.1) is 0 Å². The lowest BCUT2D eigenvalue weighted by Gasteiger charge is -2.14. The molecule has 3 rings (SSSR count). The fourth-order valence-electron chi connectivity index (χ4n) is 2.53. The van der Waals surface area contributed by atoms with E-state index in [2.05, 4.69) is 25.4 Å². The van der Waals surface area contributed by atoms with E-state index in [1.807, 2.05) is 0 Å². The van der Waals surface area contributed by atoms with Crippen LogP contribution in [0.25, 0.3) is 5.82 Å². The second kappa shape index (κ2) is 7.75. The molecule has 1 atom stereocenters. The van der Waals surface area contributed by atoms with Gasteiger partial charge in [0.2, 0.25) is 0 Å². The fraction of sp³-hybridized carbons (Fsp3) is 0.176. The molecule has 0 unspecified atom stereocenters. The number of rotatable bonds is 6. The summed E-state index contributed by atoms with van der Waals surface area (Å²) < 4.78 is 24.7. The van der Waals surface area contributed by atoms with Crippen molar-refractivity contribution in [2.24, 2.45) is 5.73 Å². The first-order chi connectivity index (χ1) is 13.7. The SMILES string of the molecule is C[C@H](NC(=O)c1cccc(S(C)(=O)=O)c1)c1ncnn1-c1cc(C(N)=O)ncn1. The van der Waals surface area contributed by atoms with Gasteiger partial charge in [0.1, 0.15) is 18.3 Å². The first-order valence-corrected chi connectivity index (χ1v) is 10.2. The Morgan fingerprint density at radius 2 is 1.90 bits per heavy atom. The van der Waals surface area contributed by atoms with Crippen molar-refractivity contribution in [2.75, 3.05) is 6.26 Å². The molecule has 0 bridgehead atoms. The number of aromatic nitrogens is 5. The summed E-state index contributed by atoms with van der Waals surface area (Å²) in [5.41, 5.74) is 5.42. The van der Waals surface area contributed by atoms with Crippen molar-refractivity contribution in [1.82, 2.24) is 30.0 Å². The Morgan fingerprint density at radius 1 is 1.14 bits per heavy atom. The minimum Gasteiger partial charge on any atom is -0.364 e. The molecule has 0 aliphatic rings. The molecule has 3 N–H and O–H groups in total. The van der Waals surface area contributed by atoms with Crippen LogP contribution < -0.4 is 11.1 Å². The normalized spacial score (nSPS) is 12.3. The van der Waals surface area contributed by atoms with Crippen LogP contribution in [0.4, 0.5) is 0 Å². The summed E-state index contributed by atoms with van der Waals surface area (Å²) in [6.07, 6.45) is 3.51. The summed E-state index contributed by atoms with van der Waals surface area (Å²) in [5.74, 6) is -0.617. The molecule has 150 valence electrons. The summed E-state index contributed by atoms with van der Waals surface area (Å²) in [6, 6.07) is 6.45. The van der Waals surface area contributed by atoms with E-state index in [1.54, 1.807) is 6.92 Å². The summed E-state index contributed by atoms with van der Waals surface area (Å²) >= 11 is 0. The van der Waals surface area contributed by atoms with Gasteiger partial charge in [-0.15, -0.1) is 0 Å². The highest BCUT2D eigenvalue weighted by molar-refractivity contribution is 7.90. The van der Waals surface area contributed by atoms with Crippen LogP contribution in [0.15, 0.2) is 47.9 Å². The molecule has 1 aromatic carbocycles. The van der Waals surface area contributed by atoms with E-state index in [9.17, 15) is 18.0 Å². The predicted octanol–water partition coefficient (Wildman–Crippen LogP) is 0.0507. The van der Waals surface area contributed by atoms with Gasteiger partial charge in [0, 0.05) is 17.9 Å². The number of sulfone groups is 1. The Kier molecular flexibility index (Phi) is 5.37. The lowest BCUT2D eigenvalue weighted by Crippen LogP contribution is -2.29. The summed E-state index contributed by atoms with van der Waals surface area (Å²) in [4.78, 5) is 35.9. The van der Waals surface area contributed by atoms with Gasteiger partial charge in [0.05, 0.1) is 10.9 Å². The van der Waals surface area contributed by atoms with Gasteiger partial charge in [0.15, 0.2) is 21.5 Å². The quantitative estimate of drug-likeness (QED) is 0.570. The topological polar surface area (TPSA) is 163 Å². The number of nitrogens with two attached hydrogens (primary N) is 1. The van der Waals surface area contributed by atoms with Crippen LogP contribution in [-0.4, -0.2) is 51.2 Å². The third-order valence-corrected chi connectivity index (χ3v) is 5.07. The second-order valence-corrected chi connectivity index (χ2v) is 8.17. The molecule has 0 saturated carbocycles. The lowest BCUT2D eigenvalue weighted by molar-refractivity contribution is 0.0936. The van der Waals surface area contributed by atoms with Crippen LogP contribution in [-0.2, 0) is 9.84 Å². The molecular formula is C17H17N7O4S. The van der Waals surface area contributed by atoms with E-state index in [-0.39, 0.29) is 22.0 Å². The van der Waals surface area contributed by atoms with E-state index in [1.165, 1.54) is 47.7 Å². The number of benzene rings is 1. The molecular weight excluding hydrogens is 398 g/mol. The minimum absolute atomic E-state index is 0.00530. The average molecular weight is 415 g/mol. The number of primary amides is 1. The van der Waals surface area contributed by atoms with Crippen molar-refractivity contribution in [1.29, 1.82) is 0 Å². The highest BCUT2D eigenvalue weighted by Gasteiger charge is 2.20. The van der Waals surface area contributed by atoms with Crippen molar-refractivity contribution < 1.29 is 18.0 Å². The highest BCUT2D eigenvalue weighted by Crippen LogP contribution is 2.16. The van der Waals surface area contributed by atoms with E-state index in [4.69, 9.17) is 5.73 Å². The fourth-order valence-corrected chi connectivity index (χ4v) is 3.20. The van der Waals surface area contributed by atoms with Crippen LogP contribution >= 0.6 is 0 Å². The number of nitrogens with one attached hydrogen (secondary N) is 1. The Bertz CT molecular complexity index is 1190. The van der Waals surface area contributed by atoms with Gasteiger partial charge < -0.3 is 11.1 Å². The van der Waals surface area contributed by atoms with Crippen LogP contribution in [0.3, 0.4) is 0 Å². The van der Waals surface area contributed by atoms with Gasteiger partial charge in [-0.25, -0.2) is 23.4 Å². The monoisotopic (exact) mass is 415 g/mol. The predicted molar refractivity (Wildman–Crippen MR) is 101 cm³/mol. The first-order valence-electron chi connectivity index (χ1n) is 8.30. The molecule has 12 heteroatoms. The third kappa shape index (κ3) is 4.43. The van der Waals surface area contributed by atoms with E-state index in [0.717, 1.165) is 6.26 Å². The molecule has 0 radical (unpaired) electrons. The maximum Gasteiger partial charge on any atom is 0.267 e. The number of hydrogen-bond acceptors (Lipinski definition) is 8. The average Bonchev–Trinajstić information content (AvgIpc) is 3.17. The number of carbonyl (C=O) groups excluding carboxylic acids is 2. The van der Waals surface area contributed by atoms with Crippen molar-refractivity contribution in [3.05, 3.63) is 60.1 Å². The lowest BCUT2D eigenvalue weighted by atomic mass is 10.2. The van der Waals surface area contributed by atoms with Gasteiger partial charge in [-0.2, -0.15) is 9.78 Å². The number of amides is 2. The maximum atomic E-state index is 12.6. The van der Waals surface area contributed by atoms with Crippen molar-refractivity contribution in [3.63, 3.8) is 0 Å². The van der Waals surface area contributed by atoms with Gasteiger partial charge >= 0.3 is 0 Å². The van der Waals surface area contributed by atoms with Crippen molar-refractivity contribution in [3.8, 4) is 5.82 Å². The van der Waals surface area contributed by atoms with Crippen molar-refractivity contribution >= 4 is 21.7 Å². The molecule has 0 saturated heterocycles. The highest BCUT2D eigenvalue weighted by atomic mass is 32.2. The number of hydrogen-bond donors (Lipinski definition) is 2. The smallest absolute Gasteiger partial charge is 0.267 e. The Hall–Kier alpha value is -3.67. The molecule has 2 heterocycles. The Balaban J connectivity index is 1.85. The second-order valence-electron chi connectivity index (χ2n) is 6.15. The molecule has 29 heavy (non-hydrogen) atoms. The molecule has 0 aliphatic heterocycles. The number of nitrogens with zero attached hydrogens (tertiary/aromatic N) is 5. The molecule has 0 fully saturated rings. The van der Waals surface area contributed by atoms with Gasteiger partial charge in [0.25, 0.3) is 11.8 Å². The molecule has 3 aromatic rings. The largest absolute Gasteiger partial charge is 0.364 e. The zero-order valence-electron chi connectivity index (χ0n) is 15.5. The number of carbonyl (C=O) groups is 2. The molecule has 2 amide bonds. The van der Waals surface area contributed by atoms with Crippen molar-refractivity contribution in [2.45, 2.75) is 17.9 Å². The standard InChI is InChI=1S/C17H17N7O4S/c1-10(23-17(26)11-4-3-5-12(6-11)29(2,27)28)16-21-9-22-24(16)14-7-13(15(18)25)19-8-20-14/h3-10H,1-2H3,(H2,18,25)(H,23,26)/t10-/m0/s1. The van der Waals surface area contributed by atoms with E-state index >= 15 is 0 Å². The molecule has 0 aliphatic carbocycles. The van der Waals surface area contributed by atoms with Crippen LogP contribution in [0.1, 0.15) is 39.6 Å². The Labute approximate surface area is 165 Å². The van der Waals surface area contributed by atoms with E-state index < -0.39 is 27.7 Å². The molecule has 0 spiro atoms. The maximum absolute atomic E-state index is 12.6. The van der Waals surface area contributed by atoms with E-state index in [0.29, 0.717) is 5.82 Å². The zero-order valence-corrected chi connectivity index (χ0v) is 16.3. The minimum atomic E-state index is -3.44. The van der Waals surface area contributed by atoms with Gasteiger partial charge in [-0.05, 0) is 25.1 Å².